The molecule has 0 atom stereocenters. The van der Waals surface area contributed by atoms with Crippen molar-refractivity contribution >= 4 is 33.6 Å². The minimum absolute atomic E-state index is 0.0968. The number of hydrogen-bond acceptors (Lipinski definition) is 7. The standard InChI is InChI=1S/C16H16N4O2S/c1-9-10(2)23-16-14(9)15(17-8-18-16)20-19-7-11-4-5-12(21)13(6-11)22-3/h4-8,21H,1-3H3,(H,17,18,20)/b19-7-. The molecule has 7 heteroatoms. The second kappa shape index (κ2) is 6.21. The number of aryl methyl sites for hydroxylation is 2. The molecule has 0 saturated heterocycles. The zero-order valence-electron chi connectivity index (χ0n) is 13.0. The molecule has 2 heterocycles. The van der Waals surface area contributed by atoms with Crippen LogP contribution in [0, 0.1) is 13.8 Å². The lowest BCUT2D eigenvalue weighted by Crippen LogP contribution is -1.96. The second-order valence-electron chi connectivity index (χ2n) is 4.99. The molecule has 3 rings (SSSR count). The smallest absolute Gasteiger partial charge is 0.161 e. The predicted octanol–water partition coefficient (Wildman–Crippen LogP) is 3.47. The predicted molar refractivity (Wildman–Crippen MR) is 92.8 cm³/mol. The van der Waals surface area contributed by atoms with Crippen LogP contribution in [0.1, 0.15) is 16.0 Å². The van der Waals surface area contributed by atoms with Crippen molar-refractivity contribution in [1.82, 2.24) is 9.97 Å². The van der Waals surface area contributed by atoms with E-state index >= 15 is 0 Å². The Morgan fingerprint density at radius 1 is 1.30 bits per heavy atom. The topological polar surface area (TPSA) is 79.6 Å². The summed E-state index contributed by atoms with van der Waals surface area (Å²) in [7, 11) is 1.51. The quantitative estimate of drug-likeness (QED) is 0.566. The van der Waals surface area contributed by atoms with Crippen LogP contribution in [0.3, 0.4) is 0 Å². The lowest BCUT2D eigenvalue weighted by atomic mass is 10.2. The number of fused-ring (bicyclic) bond motifs is 1. The van der Waals surface area contributed by atoms with Crippen molar-refractivity contribution in [2.45, 2.75) is 13.8 Å². The van der Waals surface area contributed by atoms with Crippen LogP contribution in [0.15, 0.2) is 29.6 Å². The van der Waals surface area contributed by atoms with Gasteiger partial charge in [-0.05, 0) is 43.2 Å². The lowest BCUT2D eigenvalue weighted by Gasteiger charge is -2.04. The zero-order chi connectivity index (χ0) is 16.4. The van der Waals surface area contributed by atoms with Gasteiger partial charge in [0.2, 0.25) is 0 Å². The van der Waals surface area contributed by atoms with E-state index in [2.05, 4.69) is 34.3 Å². The Morgan fingerprint density at radius 2 is 2.13 bits per heavy atom. The normalized spacial score (nSPS) is 11.3. The molecule has 0 amide bonds. The Bertz CT molecular complexity index is 889. The summed E-state index contributed by atoms with van der Waals surface area (Å²) in [6.45, 7) is 4.12. The molecule has 3 aromatic rings. The summed E-state index contributed by atoms with van der Waals surface area (Å²) in [5.41, 5.74) is 4.93. The molecule has 0 aliphatic carbocycles. The maximum atomic E-state index is 9.59. The molecule has 6 nitrogen and oxygen atoms in total. The first-order chi connectivity index (χ1) is 11.1. The van der Waals surface area contributed by atoms with Gasteiger partial charge in [-0.25, -0.2) is 9.97 Å². The van der Waals surface area contributed by atoms with Crippen LogP contribution in [0.2, 0.25) is 0 Å². The summed E-state index contributed by atoms with van der Waals surface area (Å²) in [5, 5.41) is 14.8. The van der Waals surface area contributed by atoms with E-state index in [4.69, 9.17) is 4.74 Å². The number of thiophene rings is 1. The molecule has 23 heavy (non-hydrogen) atoms. The first-order valence-corrected chi connectivity index (χ1v) is 7.78. The first kappa shape index (κ1) is 15.2. The fourth-order valence-corrected chi connectivity index (χ4v) is 3.21. The number of aromatic hydroxyl groups is 1. The molecule has 0 radical (unpaired) electrons. The molecule has 1 aromatic carbocycles. The lowest BCUT2D eigenvalue weighted by molar-refractivity contribution is 0.373. The number of hydrazone groups is 1. The van der Waals surface area contributed by atoms with E-state index in [1.54, 1.807) is 35.8 Å². The number of nitrogens with one attached hydrogen (secondary N) is 1. The zero-order valence-corrected chi connectivity index (χ0v) is 13.8. The molecule has 0 unspecified atom stereocenters. The summed E-state index contributed by atoms with van der Waals surface area (Å²) < 4.78 is 5.08. The Kier molecular flexibility index (Phi) is 4.12. The Balaban J connectivity index is 1.86. The number of benzene rings is 1. The van der Waals surface area contributed by atoms with Crippen LogP contribution in [-0.4, -0.2) is 28.4 Å². The molecule has 0 fully saturated rings. The van der Waals surface area contributed by atoms with Gasteiger partial charge in [-0.3, -0.25) is 5.43 Å². The Labute approximate surface area is 137 Å². The summed E-state index contributed by atoms with van der Waals surface area (Å²) in [6, 6.07) is 5.02. The molecule has 2 N–H and O–H groups in total. The molecule has 0 saturated carbocycles. The maximum Gasteiger partial charge on any atom is 0.161 e. The first-order valence-electron chi connectivity index (χ1n) is 6.97. The fraction of sp³-hybridized carbons (Fsp3) is 0.188. The molecule has 0 bridgehead atoms. The van der Waals surface area contributed by atoms with Crippen molar-refractivity contribution < 1.29 is 9.84 Å². The van der Waals surface area contributed by atoms with Crippen LogP contribution in [0.5, 0.6) is 11.5 Å². The van der Waals surface area contributed by atoms with Crippen molar-refractivity contribution in [2.24, 2.45) is 5.10 Å². The van der Waals surface area contributed by atoms with Crippen LogP contribution >= 0.6 is 11.3 Å². The fourth-order valence-electron chi connectivity index (χ4n) is 2.21. The van der Waals surface area contributed by atoms with Crippen LogP contribution in [-0.2, 0) is 0 Å². The largest absolute Gasteiger partial charge is 0.504 e. The monoisotopic (exact) mass is 328 g/mol. The Hall–Kier alpha value is -2.67. The molecular formula is C16H16N4O2S. The van der Waals surface area contributed by atoms with E-state index in [1.807, 2.05) is 0 Å². The second-order valence-corrected chi connectivity index (χ2v) is 6.19. The van der Waals surface area contributed by atoms with Crippen molar-refractivity contribution in [3.05, 3.63) is 40.5 Å². The third kappa shape index (κ3) is 2.95. The summed E-state index contributed by atoms with van der Waals surface area (Å²) in [5.74, 6) is 1.18. The average molecular weight is 328 g/mol. The number of aromatic nitrogens is 2. The van der Waals surface area contributed by atoms with Crippen molar-refractivity contribution in [3.63, 3.8) is 0 Å². The SMILES string of the molecule is COc1cc(/C=N\Nc2ncnc3sc(C)c(C)c23)ccc1O. The van der Waals surface area contributed by atoms with Gasteiger partial charge in [0, 0.05) is 4.88 Å². The molecule has 2 aromatic heterocycles. The minimum Gasteiger partial charge on any atom is -0.504 e. The van der Waals surface area contributed by atoms with Gasteiger partial charge in [0.25, 0.3) is 0 Å². The number of methoxy groups -OCH3 is 1. The Morgan fingerprint density at radius 3 is 2.91 bits per heavy atom. The van der Waals surface area contributed by atoms with E-state index in [1.165, 1.54) is 18.3 Å². The van der Waals surface area contributed by atoms with Gasteiger partial charge >= 0.3 is 0 Å². The number of phenolic OH excluding ortho intramolecular Hbond substituents is 1. The highest BCUT2D eigenvalue weighted by molar-refractivity contribution is 7.18. The van der Waals surface area contributed by atoms with Crippen molar-refractivity contribution in [3.8, 4) is 11.5 Å². The maximum absolute atomic E-state index is 9.59. The summed E-state index contributed by atoms with van der Waals surface area (Å²) in [6.07, 6.45) is 3.17. The highest BCUT2D eigenvalue weighted by Gasteiger charge is 2.11. The van der Waals surface area contributed by atoms with E-state index in [-0.39, 0.29) is 5.75 Å². The number of phenols is 1. The average Bonchev–Trinajstić information content (AvgIpc) is 2.84. The summed E-state index contributed by atoms with van der Waals surface area (Å²) in [4.78, 5) is 10.7. The molecular weight excluding hydrogens is 312 g/mol. The van der Waals surface area contributed by atoms with Gasteiger partial charge in [0.15, 0.2) is 17.3 Å². The number of rotatable bonds is 4. The highest BCUT2D eigenvalue weighted by Crippen LogP contribution is 2.32. The number of ether oxygens (including phenoxy) is 1. The van der Waals surface area contributed by atoms with Crippen molar-refractivity contribution in [2.75, 3.05) is 12.5 Å². The third-order valence-corrected chi connectivity index (χ3v) is 4.67. The van der Waals surface area contributed by atoms with Gasteiger partial charge in [0.1, 0.15) is 11.2 Å². The molecule has 0 spiro atoms. The van der Waals surface area contributed by atoms with Crippen molar-refractivity contribution in [1.29, 1.82) is 0 Å². The number of anilines is 1. The van der Waals surface area contributed by atoms with Gasteiger partial charge in [-0.1, -0.05) is 0 Å². The van der Waals surface area contributed by atoms with E-state index < -0.39 is 0 Å². The van der Waals surface area contributed by atoms with Crippen LogP contribution < -0.4 is 10.2 Å². The molecule has 118 valence electrons. The van der Waals surface area contributed by atoms with Crippen LogP contribution in [0.25, 0.3) is 10.2 Å². The minimum atomic E-state index is 0.0968. The third-order valence-electron chi connectivity index (χ3n) is 3.55. The van der Waals surface area contributed by atoms with E-state index in [0.717, 1.165) is 21.3 Å². The van der Waals surface area contributed by atoms with Gasteiger partial charge in [0.05, 0.1) is 18.7 Å². The van der Waals surface area contributed by atoms with E-state index in [9.17, 15) is 5.11 Å². The molecule has 0 aliphatic heterocycles. The van der Waals surface area contributed by atoms with Crippen LogP contribution in [0.4, 0.5) is 5.82 Å². The number of hydrogen-bond donors (Lipinski definition) is 2. The van der Waals surface area contributed by atoms with Gasteiger partial charge < -0.3 is 9.84 Å². The van der Waals surface area contributed by atoms with Gasteiger partial charge in [-0.15, -0.1) is 11.3 Å². The number of nitrogens with zero attached hydrogens (tertiary/aromatic N) is 3. The summed E-state index contributed by atoms with van der Waals surface area (Å²) >= 11 is 1.64. The molecule has 0 aliphatic rings. The van der Waals surface area contributed by atoms with E-state index in [0.29, 0.717) is 11.6 Å². The highest BCUT2D eigenvalue weighted by atomic mass is 32.1. The van der Waals surface area contributed by atoms with Gasteiger partial charge in [-0.2, -0.15) is 5.10 Å².